The van der Waals surface area contributed by atoms with Crippen LogP contribution < -0.4 is 5.73 Å². The maximum absolute atomic E-state index is 13.7. The van der Waals surface area contributed by atoms with Crippen molar-refractivity contribution in [3.8, 4) is 0 Å². The van der Waals surface area contributed by atoms with Gasteiger partial charge in [-0.3, -0.25) is 0 Å². The van der Waals surface area contributed by atoms with Crippen molar-refractivity contribution >= 4 is 11.6 Å². The highest BCUT2D eigenvalue weighted by molar-refractivity contribution is 6.31. The Balaban J connectivity index is 3.01. The van der Waals surface area contributed by atoms with Crippen molar-refractivity contribution in [1.82, 2.24) is 0 Å². The average molecular weight is 228 g/mol. The molecule has 2 N–H and O–H groups in total. The van der Waals surface area contributed by atoms with Gasteiger partial charge in [0.15, 0.2) is 0 Å². The maximum Gasteiger partial charge on any atom is 0.132 e. The summed E-state index contributed by atoms with van der Waals surface area (Å²) in [6, 6.07) is 2.97. The Kier molecular flexibility index (Phi) is 4.30. The highest BCUT2D eigenvalue weighted by Gasteiger charge is 2.16. The molecule has 0 spiro atoms. The molecule has 1 rings (SSSR count). The monoisotopic (exact) mass is 227 g/mol. The lowest BCUT2D eigenvalue weighted by Crippen LogP contribution is -2.13. The molecule has 0 amide bonds. The Bertz CT molecular complexity index is 363. The van der Waals surface area contributed by atoms with Crippen molar-refractivity contribution in [1.29, 1.82) is 0 Å². The quantitative estimate of drug-likeness (QED) is 0.779. The van der Waals surface area contributed by atoms with Crippen LogP contribution in [0.4, 0.5) is 4.39 Å². The van der Waals surface area contributed by atoms with Gasteiger partial charge in [-0.15, -0.1) is 6.58 Å². The Hall–Kier alpha value is -0.860. The van der Waals surface area contributed by atoms with Crippen LogP contribution in [-0.2, 0) is 0 Å². The van der Waals surface area contributed by atoms with Gasteiger partial charge in [-0.2, -0.15) is 0 Å². The van der Waals surface area contributed by atoms with Crippen molar-refractivity contribution < 1.29 is 4.39 Å². The standard InChI is InChI=1S/C12H15ClFN/c1-3-4-5-10(15)11-9(13)7-6-8(2)12(11)14/h3,6-7,10H,1,4-5,15H2,2H3/t10-/m1/s1. The number of halogens is 2. The van der Waals surface area contributed by atoms with Crippen molar-refractivity contribution in [3.63, 3.8) is 0 Å². The first-order valence-corrected chi connectivity index (χ1v) is 5.26. The van der Waals surface area contributed by atoms with E-state index in [1.807, 2.05) is 0 Å². The predicted octanol–water partition coefficient (Wildman–Crippen LogP) is 3.75. The number of benzene rings is 1. The molecular weight excluding hydrogens is 213 g/mol. The lowest BCUT2D eigenvalue weighted by Gasteiger charge is -2.15. The number of hydrogen-bond acceptors (Lipinski definition) is 1. The van der Waals surface area contributed by atoms with E-state index in [2.05, 4.69) is 6.58 Å². The molecule has 0 bridgehead atoms. The van der Waals surface area contributed by atoms with Gasteiger partial charge in [0.25, 0.3) is 0 Å². The summed E-state index contributed by atoms with van der Waals surface area (Å²) in [6.45, 7) is 5.31. The molecule has 1 aromatic carbocycles. The number of rotatable bonds is 4. The van der Waals surface area contributed by atoms with E-state index in [-0.39, 0.29) is 11.9 Å². The summed E-state index contributed by atoms with van der Waals surface area (Å²) >= 11 is 5.93. The van der Waals surface area contributed by atoms with Gasteiger partial charge in [-0.25, -0.2) is 4.39 Å². The molecule has 1 nitrogen and oxygen atoms in total. The van der Waals surface area contributed by atoms with Gasteiger partial charge in [0.2, 0.25) is 0 Å². The van der Waals surface area contributed by atoms with E-state index >= 15 is 0 Å². The fourth-order valence-electron chi connectivity index (χ4n) is 1.46. The fourth-order valence-corrected chi connectivity index (χ4v) is 1.75. The van der Waals surface area contributed by atoms with E-state index in [4.69, 9.17) is 17.3 Å². The first-order chi connectivity index (χ1) is 7.07. The molecular formula is C12H15ClFN. The highest BCUT2D eigenvalue weighted by Crippen LogP contribution is 2.28. The molecule has 15 heavy (non-hydrogen) atoms. The zero-order chi connectivity index (χ0) is 11.4. The van der Waals surface area contributed by atoms with E-state index in [1.165, 1.54) is 0 Å². The van der Waals surface area contributed by atoms with E-state index in [9.17, 15) is 4.39 Å². The van der Waals surface area contributed by atoms with Gasteiger partial charge in [-0.1, -0.05) is 23.7 Å². The van der Waals surface area contributed by atoms with Crippen LogP contribution in [-0.4, -0.2) is 0 Å². The maximum atomic E-state index is 13.7. The normalized spacial score (nSPS) is 12.5. The van der Waals surface area contributed by atoms with Crippen LogP contribution >= 0.6 is 11.6 Å². The third-order valence-corrected chi connectivity index (χ3v) is 2.70. The minimum atomic E-state index is -0.365. The molecule has 1 atom stereocenters. The minimum absolute atomic E-state index is 0.293. The van der Waals surface area contributed by atoms with Crippen LogP contribution in [0.3, 0.4) is 0 Å². The lowest BCUT2D eigenvalue weighted by atomic mass is 10.00. The smallest absolute Gasteiger partial charge is 0.132 e. The number of nitrogens with two attached hydrogens (primary N) is 1. The zero-order valence-corrected chi connectivity index (χ0v) is 9.52. The van der Waals surface area contributed by atoms with Crippen molar-refractivity contribution in [3.05, 3.63) is 46.8 Å². The van der Waals surface area contributed by atoms with Gasteiger partial charge in [0.1, 0.15) is 5.82 Å². The number of allylic oxidation sites excluding steroid dienone is 1. The second kappa shape index (κ2) is 5.29. The van der Waals surface area contributed by atoms with Crippen molar-refractivity contribution in [2.45, 2.75) is 25.8 Å². The van der Waals surface area contributed by atoms with Crippen LogP contribution in [0.1, 0.15) is 30.0 Å². The summed E-state index contributed by atoms with van der Waals surface area (Å²) in [7, 11) is 0. The summed E-state index contributed by atoms with van der Waals surface area (Å²) < 4.78 is 13.7. The molecule has 0 fully saturated rings. The molecule has 0 saturated carbocycles. The van der Waals surface area contributed by atoms with Crippen molar-refractivity contribution in [2.24, 2.45) is 5.73 Å². The molecule has 0 heterocycles. The molecule has 1 aromatic rings. The van der Waals surface area contributed by atoms with Gasteiger partial charge in [-0.05, 0) is 31.4 Å². The second-order valence-corrected chi connectivity index (χ2v) is 3.97. The molecule has 0 radical (unpaired) electrons. The molecule has 3 heteroatoms. The fraction of sp³-hybridized carbons (Fsp3) is 0.333. The van der Waals surface area contributed by atoms with Gasteiger partial charge < -0.3 is 5.73 Å². The largest absolute Gasteiger partial charge is 0.324 e. The summed E-state index contributed by atoms with van der Waals surface area (Å²) in [5.74, 6) is -0.293. The number of aryl methyl sites for hydroxylation is 1. The van der Waals surface area contributed by atoms with E-state index in [1.54, 1.807) is 25.1 Å². The van der Waals surface area contributed by atoms with Crippen LogP contribution in [0.15, 0.2) is 24.8 Å². The average Bonchev–Trinajstić information content (AvgIpc) is 2.21. The van der Waals surface area contributed by atoms with Gasteiger partial charge >= 0.3 is 0 Å². The predicted molar refractivity (Wildman–Crippen MR) is 62.5 cm³/mol. The molecule has 0 aliphatic carbocycles. The van der Waals surface area contributed by atoms with Gasteiger partial charge in [0.05, 0.1) is 0 Å². The molecule has 0 aliphatic rings. The van der Waals surface area contributed by atoms with E-state index < -0.39 is 0 Å². The van der Waals surface area contributed by atoms with Gasteiger partial charge in [0, 0.05) is 16.6 Å². The SMILES string of the molecule is C=CCC[C@@H](N)c1c(Cl)ccc(C)c1F. The number of hydrogen-bond donors (Lipinski definition) is 1. The second-order valence-electron chi connectivity index (χ2n) is 3.56. The van der Waals surface area contributed by atoms with E-state index in [0.29, 0.717) is 22.6 Å². The van der Waals surface area contributed by atoms with Crippen LogP contribution in [0, 0.1) is 12.7 Å². The Morgan fingerprint density at radius 2 is 2.27 bits per heavy atom. The first kappa shape index (κ1) is 12.2. The highest BCUT2D eigenvalue weighted by atomic mass is 35.5. The Morgan fingerprint density at radius 3 is 2.87 bits per heavy atom. The molecule has 0 aliphatic heterocycles. The summed E-state index contributed by atoms with van der Waals surface area (Å²) in [6.07, 6.45) is 3.18. The minimum Gasteiger partial charge on any atom is -0.324 e. The summed E-state index contributed by atoms with van der Waals surface area (Å²) in [5.41, 5.74) is 6.87. The third-order valence-electron chi connectivity index (χ3n) is 2.37. The van der Waals surface area contributed by atoms with Crippen LogP contribution in [0.25, 0.3) is 0 Å². The Labute approximate surface area is 94.7 Å². The summed E-state index contributed by atoms with van der Waals surface area (Å²) in [4.78, 5) is 0. The molecule has 0 saturated heterocycles. The van der Waals surface area contributed by atoms with Crippen molar-refractivity contribution in [2.75, 3.05) is 0 Å². The van der Waals surface area contributed by atoms with Crippen LogP contribution in [0.5, 0.6) is 0 Å². The summed E-state index contributed by atoms with van der Waals surface area (Å²) in [5, 5.41) is 0.398. The third kappa shape index (κ3) is 2.80. The first-order valence-electron chi connectivity index (χ1n) is 4.89. The molecule has 82 valence electrons. The topological polar surface area (TPSA) is 26.0 Å². The molecule has 0 aromatic heterocycles. The van der Waals surface area contributed by atoms with Crippen LogP contribution in [0.2, 0.25) is 5.02 Å². The Morgan fingerprint density at radius 1 is 1.60 bits per heavy atom. The zero-order valence-electron chi connectivity index (χ0n) is 8.76. The lowest BCUT2D eigenvalue weighted by molar-refractivity contribution is 0.560. The van der Waals surface area contributed by atoms with E-state index in [0.717, 1.165) is 6.42 Å². The molecule has 0 unspecified atom stereocenters.